The number of amides is 1. The molecule has 1 saturated carbocycles. The number of rotatable bonds is 3. The molecular weight excluding hydrogens is 296 g/mol. The van der Waals surface area contributed by atoms with Gasteiger partial charge in [0.1, 0.15) is 0 Å². The smallest absolute Gasteiger partial charge is 0.226 e. The Morgan fingerprint density at radius 1 is 1.12 bits per heavy atom. The van der Waals surface area contributed by atoms with Crippen LogP contribution < -0.4 is 5.73 Å². The van der Waals surface area contributed by atoms with Gasteiger partial charge >= 0.3 is 0 Å². The topological polar surface area (TPSA) is 46.3 Å². The van der Waals surface area contributed by atoms with Crippen molar-refractivity contribution >= 4 is 5.91 Å². The van der Waals surface area contributed by atoms with Crippen LogP contribution >= 0.6 is 0 Å². The van der Waals surface area contributed by atoms with Gasteiger partial charge in [-0.25, -0.2) is 0 Å². The van der Waals surface area contributed by atoms with E-state index in [9.17, 15) is 4.79 Å². The van der Waals surface area contributed by atoms with Gasteiger partial charge in [-0.1, -0.05) is 48.5 Å². The number of nitrogens with two attached hydrogens (primary N) is 1. The third-order valence-electron chi connectivity index (χ3n) is 5.41. The predicted molar refractivity (Wildman–Crippen MR) is 96.6 cm³/mol. The molecule has 4 rings (SSSR count). The van der Waals surface area contributed by atoms with Crippen molar-refractivity contribution in [1.82, 2.24) is 4.90 Å². The van der Waals surface area contributed by atoms with Crippen LogP contribution in [0.2, 0.25) is 0 Å². The molecule has 0 spiro atoms. The molecule has 2 fully saturated rings. The number of hydrogen-bond acceptors (Lipinski definition) is 2. The summed E-state index contributed by atoms with van der Waals surface area (Å²) in [6.45, 7) is 3.70. The third-order valence-corrected chi connectivity index (χ3v) is 5.41. The van der Waals surface area contributed by atoms with Gasteiger partial charge in [0, 0.05) is 25.0 Å². The summed E-state index contributed by atoms with van der Waals surface area (Å²) in [6, 6.07) is 17.1. The molecule has 2 aliphatic rings. The second-order valence-electron chi connectivity index (χ2n) is 7.19. The fraction of sp³-hybridized carbons (Fsp3) is 0.381. The minimum atomic E-state index is 0.138. The number of hydrogen-bond donors (Lipinski definition) is 1. The Morgan fingerprint density at radius 2 is 1.92 bits per heavy atom. The van der Waals surface area contributed by atoms with Crippen molar-refractivity contribution in [2.75, 3.05) is 13.1 Å². The highest BCUT2D eigenvalue weighted by Crippen LogP contribution is 2.51. The van der Waals surface area contributed by atoms with Gasteiger partial charge in [-0.15, -0.1) is 0 Å². The van der Waals surface area contributed by atoms with Crippen LogP contribution in [0, 0.1) is 12.8 Å². The summed E-state index contributed by atoms with van der Waals surface area (Å²) in [5.74, 6) is 0.789. The number of nitrogens with zero attached hydrogens (tertiary/aromatic N) is 1. The van der Waals surface area contributed by atoms with Crippen molar-refractivity contribution in [3.05, 3.63) is 59.7 Å². The van der Waals surface area contributed by atoms with Crippen molar-refractivity contribution in [1.29, 1.82) is 0 Å². The fourth-order valence-corrected chi connectivity index (χ4v) is 4.03. The van der Waals surface area contributed by atoms with Crippen LogP contribution in [0.25, 0.3) is 11.1 Å². The maximum Gasteiger partial charge on any atom is 0.226 e. The summed E-state index contributed by atoms with van der Waals surface area (Å²) in [5, 5.41) is 0. The lowest BCUT2D eigenvalue weighted by Gasteiger charge is -2.17. The predicted octanol–water partition coefficient (Wildman–Crippen LogP) is 3.33. The number of benzene rings is 2. The van der Waals surface area contributed by atoms with Crippen LogP contribution in [0.3, 0.4) is 0 Å². The molecule has 2 N–H and O–H groups in total. The summed E-state index contributed by atoms with van der Waals surface area (Å²) in [4.78, 5) is 14.7. The van der Waals surface area contributed by atoms with Gasteiger partial charge in [0.05, 0.1) is 0 Å². The first-order valence-corrected chi connectivity index (χ1v) is 8.84. The maximum absolute atomic E-state index is 12.7. The highest BCUT2D eigenvalue weighted by atomic mass is 16.2. The van der Waals surface area contributed by atoms with E-state index in [1.807, 2.05) is 11.0 Å². The van der Waals surface area contributed by atoms with Crippen molar-refractivity contribution in [3.63, 3.8) is 0 Å². The van der Waals surface area contributed by atoms with Gasteiger partial charge < -0.3 is 10.6 Å². The molecule has 1 amide bonds. The van der Waals surface area contributed by atoms with Crippen molar-refractivity contribution < 1.29 is 4.79 Å². The molecule has 3 nitrogen and oxygen atoms in total. The molecule has 2 aromatic carbocycles. The number of carbonyl (C=O) groups excluding carboxylic acids is 1. The van der Waals surface area contributed by atoms with E-state index < -0.39 is 0 Å². The second-order valence-corrected chi connectivity index (χ2v) is 7.19. The van der Waals surface area contributed by atoms with Gasteiger partial charge in [0.15, 0.2) is 0 Å². The van der Waals surface area contributed by atoms with E-state index in [0.29, 0.717) is 11.8 Å². The minimum Gasteiger partial charge on any atom is -0.341 e. The Morgan fingerprint density at radius 3 is 2.62 bits per heavy atom. The van der Waals surface area contributed by atoms with Crippen LogP contribution in [0.5, 0.6) is 0 Å². The minimum absolute atomic E-state index is 0.138. The van der Waals surface area contributed by atoms with E-state index >= 15 is 0 Å². The molecule has 0 aromatic heterocycles. The maximum atomic E-state index is 12.7. The van der Waals surface area contributed by atoms with Crippen LogP contribution in [0.1, 0.15) is 29.9 Å². The second kappa shape index (κ2) is 6.06. The average Bonchev–Trinajstić information content (AvgIpc) is 3.28. The molecule has 3 unspecified atom stereocenters. The Balaban J connectivity index is 1.60. The first-order chi connectivity index (χ1) is 11.6. The van der Waals surface area contributed by atoms with Gasteiger partial charge in [0.25, 0.3) is 0 Å². The molecule has 3 atom stereocenters. The Hall–Kier alpha value is -2.13. The quantitative estimate of drug-likeness (QED) is 0.943. The van der Waals surface area contributed by atoms with Crippen LogP contribution in [0.4, 0.5) is 0 Å². The third kappa shape index (κ3) is 2.73. The molecular formula is C21H24N2O. The Labute approximate surface area is 143 Å². The lowest BCUT2D eigenvalue weighted by atomic mass is 9.92. The Kier molecular flexibility index (Phi) is 3.89. The molecule has 1 heterocycles. The van der Waals surface area contributed by atoms with Crippen molar-refractivity contribution in [3.8, 4) is 11.1 Å². The SMILES string of the molecule is Cc1cccc(C2CC2C(=O)N2CCC(N)C2)c1-c1ccccc1. The molecule has 2 aromatic rings. The zero-order valence-corrected chi connectivity index (χ0v) is 14.1. The van der Waals surface area contributed by atoms with E-state index in [0.717, 1.165) is 25.9 Å². The lowest BCUT2D eigenvalue weighted by molar-refractivity contribution is -0.131. The van der Waals surface area contributed by atoms with E-state index in [1.165, 1.54) is 22.3 Å². The molecule has 1 aliphatic carbocycles. The van der Waals surface area contributed by atoms with E-state index in [4.69, 9.17) is 5.73 Å². The standard InChI is InChI=1S/C21H24N2O/c1-14-6-5-9-17(20(14)15-7-3-2-4-8-15)18-12-19(18)21(24)23-11-10-16(22)13-23/h2-9,16,18-19H,10-13,22H2,1H3. The average molecular weight is 320 g/mol. The first-order valence-electron chi connectivity index (χ1n) is 8.84. The van der Waals surface area contributed by atoms with E-state index in [1.54, 1.807) is 0 Å². The van der Waals surface area contributed by atoms with Gasteiger partial charge in [-0.3, -0.25) is 4.79 Å². The van der Waals surface area contributed by atoms with Crippen LogP contribution in [-0.2, 0) is 4.79 Å². The fourth-order valence-electron chi connectivity index (χ4n) is 4.03. The summed E-state index contributed by atoms with van der Waals surface area (Å²) < 4.78 is 0. The number of carbonyl (C=O) groups is 1. The molecule has 1 aliphatic heterocycles. The molecule has 124 valence electrons. The largest absolute Gasteiger partial charge is 0.341 e. The molecule has 3 heteroatoms. The lowest BCUT2D eigenvalue weighted by Crippen LogP contribution is -2.33. The molecule has 24 heavy (non-hydrogen) atoms. The number of likely N-dealkylation sites (tertiary alicyclic amines) is 1. The van der Waals surface area contributed by atoms with Gasteiger partial charge in [-0.2, -0.15) is 0 Å². The highest BCUT2D eigenvalue weighted by Gasteiger charge is 2.47. The van der Waals surface area contributed by atoms with Gasteiger partial charge in [-0.05, 0) is 47.9 Å². The Bertz CT molecular complexity index is 756. The summed E-state index contributed by atoms with van der Waals surface area (Å²) in [7, 11) is 0. The molecule has 0 bridgehead atoms. The van der Waals surface area contributed by atoms with Crippen LogP contribution in [0.15, 0.2) is 48.5 Å². The summed E-state index contributed by atoms with van der Waals surface area (Å²) in [6.07, 6.45) is 1.90. The summed E-state index contributed by atoms with van der Waals surface area (Å²) in [5.41, 5.74) is 11.1. The number of aryl methyl sites for hydroxylation is 1. The summed E-state index contributed by atoms with van der Waals surface area (Å²) >= 11 is 0. The normalized spacial score (nSPS) is 25.8. The van der Waals surface area contributed by atoms with Crippen molar-refractivity contribution in [2.45, 2.75) is 31.7 Å². The zero-order valence-electron chi connectivity index (χ0n) is 14.1. The highest BCUT2D eigenvalue weighted by molar-refractivity contribution is 5.85. The monoisotopic (exact) mass is 320 g/mol. The van der Waals surface area contributed by atoms with Crippen molar-refractivity contribution in [2.24, 2.45) is 11.7 Å². The molecule has 0 radical (unpaired) electrons. The van der Waals surface area contributed by atoms with Crippen LogP contribution in [-0.4, -0.2) is 29.9 Å². The zero-order chi connectivity index (χ0) is 16.7. The van der Waals surface area contributed by atoms with E-state index in [2.05, 4.69) is 49.4 Å². The molecule has 1 saturated heterocycles. The van der Waals surface area contributed by atoms with Gasteiger partial charge in [0.2, 0.25) is 5.91 Å². The first kappa shape index (κ1) is 15.4. The van der Waals surface area contributed by atoms with E-state index in [-0.39, 0.29) is 12.0 Å².